The monoisotopic (exact) mass is 778 g/mol. The summed E-state index contributed by atoms with van der Waals surface area (Å²) in [7, 11) is 0. The minimum atomic E-state index is 0.841. The lowest BCUT2D eigenvalue weighted by atomic mass is 9.96. The van der Waals surface area contributed by atoms with Crippen LogP contribution in [0.3, 0.4) is 0 Å². The van der Waals surface area contributed by atoms with Crippen LogP contribution in [0.1, 0.15) is 0 Å². The summed E-state index contributed by atoms with van der Waals surface area (Å²) < 4.78 is 12.0. The predicted molar refractivity (Wildman–Crippen MR) is 252 cm³/mol. The van der Waals surface area contributed by atoms with Crippen molar-refractivity contribution in [3.63, 3.8) is 0 Å². The molecular weight excluding hydrogens is 745 g/mol. The van der Waals surface area contributed by atoms with Crippen molar-refractivity contribution in [3.05, 3.63) is 206 Å². The number of para-hydroxylation sites is 6. The van der Waals surface area contributed by atoms with Crippen LogP contribution in [0.15, 0.2) is 211 Å². The van der Waals surface area contributed by atoms with Crippen molar-refractivity contribution in [2.75, 3.05) is 0 Å². The van der Waals surface area contributed by atoms with E-state index in [0.29, 0.717) is 0 Å². The van der Waals surface area contributed by atoms with Crippen molar-refractivity contribution in [2.24, 2.45) is 0 Å². The Hall–Kier alpha value is -8.28. The van der Waals surface area contributed by atoms with Gasteiger partial charge in [0.05, 0.1) is 60.9 Å². The number of benzene rings is 9. The molecule has 0 saturated carbocycles. The lowest BCUT2D eigenvalue weighted by Gasteiger charge is -2.18. The molecule has 61 heavy (non-hydrogen) atoms. The third-order valence-electron chi connectivity index (χ3n) is 12.3. The van der Waals surface area contributed by atoms with Gasteiger partial charge in [0.25, 0.3) is 0 Å². The summed E-state index contributed by atoms with van der Waals surface area (Å²) in [5.74, 6) is 0. The summed E-state index contributed by atoms with van der Waals surface area (Å²) >= 11 is 0. The first-order valence-corrected chi connectivity index (χ1v) is 20.7. The number of furan rings is 1. The Bertz CT molecular complexity index is 3860. The summed E-state index contributed by atoms with van der Waals surface area (Å²) in [5.41, 5.74) is 16.0. The van der Waals surface area contributed by atoms with Crippen LogP contribution in [0.2, 0.25) is 0 Å². The number of fused-ring (bicyclic) bond motifs is 13. The first-order valence-electron chi connectivity index (χ1n) is 20.7. The molecule has 0 bridgehead atoms. The standard InChI is InChI=1S/C56H34N4O/c1-4-18-35(19-5-1)42-34-37(53-52(36-20-6-2-7-21-36)57-43-27-13-14-28-44(43)58-53)32-33-47(42)60-46-30-16-11-25-40(46)50-55(60)49-39-24-10-15-29-45(39)59(38-22-8-3-9-23-38)54(49)51-41-26-12-17-31-48(41)61-56(50)51/h1-34H. The smallest absolute Gasteiger partial charge is 0.147 e. The average Bonchev–Trinajstić information content (AvgIpc) is 4.00. The molecule has 0 saturated heterocycles. The highest BCUT2D eigenvalue weighted by Crippen LogP contribution is 2.50. The van der Waals surface area contributed by atoms with Gasteiger partial charge in [0.2, 0.25) is 0 Å². The van der Waals surface area contributed by atoms with Gasteiger partial charge in [-0.25, -0.2) is 9.97 Å². The van der Waals surface area contributed by atoms with Crippen LogP contribution in [0.5, 0.6) is 0 Å². The zero-order valence-corrected chi connectivity index (χ0v) is 32.8. The average molecular weight is 779 g/mol. The molecular formula is C56H34N4O. The molecule has 4 heterocycles. The fourth-order valence-electron chi connectivity index (χ4n) is 9.70. The van der Waals surface area contributed by atoms with Crippen LogP contribution >= 0.6 is 0 Å². The van der Waals surface area contributed by atoms with Gasteiger partial charge in [0.1, 0.15) is 11.2 Å². The molecule has 5 nitrogen and oxygen atoms in total. The van der Waals surface area contributed by atoms with Crippen molar-refractivity contribution >= 4 is 76.6 Å². The largest absolute Gasteiger partial charge is 0.455 e. The predicted octanol–water partition coefficient (Wildman–Crippen LogP) is 14.7. The first-order chi connectivity index (χ1) is 30.3. The first kappa shape index (κ1) is 33.7. The van der Waals surface area contributed by atoms with Gasteiger partial charge < -0.3 is 13.6 Å². The lowest BCUT2D eigenvalue weighted by molar-refractivity contribution is 0.673. The van der Waals surface area contributed by atoms with E-state index in [0.717, 1.165) is 111 Å². The Balaban J connectivity index is 1.21. The number of hydrogen-bond acceptors (Lipinski definition) is 3. The molecule has 0 aliphatic heterocycles. The third-order valence-corrected chi connectivity index (χ3v) is 12.3. The Kier molecular flexibility index (Phi) is 7.24. The van der Waals surface area contributed by atoms with E-state index in [1.807, 2.05) is 30.3 Å². The van der Waals surface area contributed by atoms with Crippen LogP contribution in [0.25, 0.3) is 122 Å². The van der Waals surface area contributed by atoms with Gasteiger partial charge in [-0.2, -0.15) is 0 Å². The number of nitrogens with zero attached hydrogens (tertiary/aromatic N) is 4. The molecule has 284 valence electrons. The molecule has 0 spiro atoms. The van der Waals surface area contributed by atoms with Crippen molar-refractivity contribution in [1.82, 2.24) is 19.1 Å². The maximum absolute atomic E-state index is 7.06. The Morgan fingerprint density at radius 1 is 0.377 bits per heavy atom. The normalized spacial score (nSPS) is 11.9. The van der Waals surface area contributed by atoms with E-state index in [4.69, 9.17) is 14.4 Å². The van der Waals surface area contributed by atoms with Gasteiger partial charge in [-0.3, -0.25) is 0 Å². The maximum Gasteiger partial charge on any atom is 0.147 e. The zero-order valence-electron chi connectivity index (χ0n) is 32.8. The van der Waals surface area contributed by atoms with Gasteiger partial charge >= 0.3 is 0 Å². The molecule has 0 radical (unpaired) electrons. The molecule has 13 aromatic rings. The van der Waals surface area contributed by atoms with E-state index >= 15 is 0 Å². The highest BCUT2D eigenvalue weighted by atomic mass is 16.3. The molecule has 0 atom stereocenters. The fourth-order valence-corrected chi connectivity index (χ4v) is 9.70. The van der Waals surface area contributed by atoms with Crippen LogP contribution in [0, 0.1) is 0 Å². The van der Waals surface area contributed by atoms with Gasteiger partial charge in [-0.05, 0) is 60.2 Å². The zero-order chi connectivity index (χ0) is 40.0. The quantitative estimate of drug-likeness (QED) is 0.175. The van der Waals surface area contributed by atoms with Crippen molar-refractivity contribution < 1.29 is 4.42 Å². The second-order valence-corrected chi connectivity index (χ2v) is 15.7. The van der Waals surface area contributed by atoms with Crippen molar-refractivity contribution in [2.45, 2.75) is 0 Å². The van der Waals surface area contributed by atoms with Gasteiger partial charge in [-0.15, -0.1) is 0 Å². The molecule has 4 aromatic heterocycles. The molecule has 0 unspecified atom stereocenters. The van der Waals surface area contributed by atoms with E-state index in [2.05, 4.69) is 185 Å². The molecule has 0 amide bonds. The molecule has 0 aliphatic carbocycles. The molecule has 0 N–H and O–H groups in total. The molecule has 5 heteroatoms. The van der Waals surface area contributed by atoms with E-state index in [9.17, 15) is 0 Å². The van der Waals surface area contributed by atoms with E-state index in [1.165, 1.54) is 10.8 Å². The van der Waals surface area contributed by atoms with Gasteiger partial charge in [0.15, 0.2) is 0 Å². The van der Waals surface area contributed by atoms with Crippen LogP contribution in [-0.4, -0.2) is 19.1 Å². The summed E-state index contributed by atoms with van der Waals surface area (Å²) in [6.45, 7) is 0. The SMILES string of the molecule is c1ccc(-c2cc(-c3nc4ccccc4nc3-c3ccccc3)ccc2-n2c3ccccc3c3c4oc5ccccc5c4c4c(c5ccccc5n4-c4ccccc4)c32)cc1. The maximum atomic E-state index is 7.06. The second-order valence-electron chi connectivity index (χ2n) is 15.7. The van der Waals surface area contributed by atoms with Crippen LogP contribution in [-0.2, 0) is 0 Å². The molecule has 13 rings (SSSR count). The Morgan fingerprint density at radius 3 is 1.59 bits per heavy atom. The Morgan fingerprint density at radius 2 is 0.885 bits per heavy atom. The number of rotatable bonds is 5. The van der Waals surface area contributed by atoms with Crippen molar-refractivity contribution in [3.8, 4) is 45.0 Å². The summed E-state index contributed by atoms with van der Waals surface area (Å²) in [6, 6.07) is 72.8. The highest BCUT2D eigenvalue weighted by Gasteiger charge is 2.28. The Labute approximate surface area is 350 Å². The second kappa shape index (κ2) is 13.1. The number of aromatic nitrogens is 4. The third kappa shape index (κ3) is 4.95. The van der Waals surface area contributed by atoms with Crippen molar-refractivity contribution in [1.29, 1.82) is 0 Å². The lowest BCUT2D eigenvalue weighted by Crippen LogP contribution is -2.00. The van der Waals surface area contributed by atoms with Gasteiger partial charge in [-0.1, -0.05) is 152 Å². The fraction of sp³-hybridized carbons (Fsp3) is 0. The summed E-state index contributed by atoms with van der Waals surface area (Å²) in [5, 5.41) is 6.80. The minimum absolute atomic E-state index is 0.841. The minimum Gasteiger partial charge on any atom is -0.455 e. The topological polar surface area (TPSA) is 48.8 Å². The van der Waals surface area contributed by atoms with E-state index in [1.54, 1.807) is 0 Å². The molecule has 9 aromatic carbocycles. The van der Waals surface area contributed by atoms with Gasteiger partial charge in [0, 0.05) is 43.9 Å². The van der Waals surface area contributed by atoms with Crippen LogP contribution < -0.4 is 0 Å². The summed E-state index contributed by atoms with van der Waals surface area (Å²) in [6.07, 6.45) is 0. The highest BCUT2D eigenvalue weighted by molar-refractivity contribution is 6.39. The van der Waals surface area contributed by atoms with E-state index < -0.39 is 0 Å². The molecule has 0 aliphatic rings. The van der Waals surface area contributed by atoms with E-state index in [-0.39, 0.29) is 0 Å². The van der Waals surface area contributed by atoms with Crippen LogP contribution in [0.4, 0.5) is 0 Å². The molecule has 0 fully saturated rings. The summed E-state index contributed by atoms with van der Waals surface area (Å²) in [4.78, 5) is 10.6. The number of hydrogen-bond donors (Lipinski definition) is 0.